The van der Waals surface area contributed by atoms with Crippen molar-refractivity contribution in [3.05, 3.63) is 33.9 Å². The van der Waals surface area contributed by atoms with E-state index >= 15 is 0 Å². The van der Waals surface area contributed by atoms with Crippen LogP contribution in [-0.2, 0) is 11.2 Å². The van der Waals surface area contributed by atoms with E-state index < -0.39 is 6.23 Å². The third-order valence-corrected chi connectivity index (χ3v) is 3.64. The summed E-state index contributed by atoms with van der Waals surface area (Å²) < 4.78 is 7.25. The number of anilines is 1. The maximum atomic E-state index is 12.1. The molecule has 2 N–H and O–H groups in total. The summed E-state index contributed by atoms with van der Waals surface area (Å²) in [6.45, 7) is 2.69. The topological polar surface area (TPSA) is 76.4 Å². The van der Waals surface area contributed by atoms with Crippen LogP contribution in [0.3, 0.4) is 0 Å². The highest BCUT2D eigenvalue weighted by Crippen LogP contribution is 2.33. The van der Waals surface area contributed by atoms with Gasteiger partial charge in [0.05, 0.1) is 12.7 Å². The molecule has 0 spiro atoms. The van der Waals surface area contributed by atoms with Crippen LogP contribution in [0.1, 0.15) is 25.1 Å². The zero-order valence-electron chi connectivity index (χ0n) is 10.8. The molecule has 1 fully saturated rings. The minimum atomic E-state index is -0.437. The van der Waals surface area contributed by atoms with Gasteiger partial charge in [0.2, 0.25) is 0 Å². The van der Waals surface area contributed by atoms with Crippen molar-refractivity contribution in [2.45, 2.75) is 32.1 Å². The molecule has 0 radical (unpaired) electrons. The summed E-state index contributed by atoms with van der Waals surface area (Å²) in [5, 5.41) is 12.3. The van der Waals surface area contributed by atoms with Crippen molar-refractivity contribution in [1.82, 2.24) is 9.55 Å². The highest BCUT2D eigenvalue weighted by atomic mass is 16.5. The Morgan fingerprint density at radius 2 is 2.53 bits per heavy atom. The Balaban J connectivity index is 2.00. The molecule has 1 aromatic rings. The van der Waals surface area contributed by atoms with E-state index in [9.17, 15) is 9.90 Å². The first-order valence-electron chi connectivity index (χ1n) is 6.50. The van der Waals surface area contributed by atoms with Crippen LogP contribution in [0.2, 0.25) is 0 Å². The summed E-state index contributed by atoms with van der Waals surface area (Å²) in [5.74, 6) is 0.681. The Hall–Kier alpha value is -1.66. The fourth-order valence-corrected chi connectivity index (χ4v) is 2.62. The van der Waals surface area contributed by atoms with Crippen LogP contribution in [-0.4, -0.2) is 33.9 Å². The molecule has 3 rings (SSSR count). The van der Waals surface area contributed by atoms with Gasteiger partial charge in [-0.25, -0.2) is 4.79 Å². The van der Waals surface area contributed by atoms with Gasteiger partial charge >= 0.3 is 5.69 Å². The van der Waals surface area contributed by atoms with Crippen LogP contribution >= 0.6 is 0 Å². The van der Waals surface area contributed by atoms with Gasteiger partial charge in [0, 0.05) is 24.7 Å². The van der Waals surface area contributed by atoms with E-state index in [1.807, 2.05) is 19.2 Å². The van der Waals surface area contributed by atoms with Gasteiger partial charge in [-0.05, 0) is 18.9 Å². The lowest BCUT2D eigenvalue weighted by Crippen LogP contribution is -2.28. The van der Waals surface area contributed by atoms with E-state index in [1.54, 1.807) is 0 Å². The number of hydrogen-bond donors (Lipinski definition) is 2. The lowest BCUT2D eigenvalue weighted by atomic mass is 10.1. The highest BCUT2D eigenvalue weighted by molar-refractivity contribution is 5.47. The second-order valence-electron chi connectivity index (χ2n) is 4.84. The molecule has 6 nitrogen and oxygen atoms in total. The van der Waals surface area contributed by atoms with Gasteiger partial charge in [0.1, 0.15) is 5.82 Å². The van der Waals surface area contributed by atoms with Crippen LogP contribution in [0.25, 0.3) is 0 Å². The SMILES string of the molecule is C/C=C1/CC(CO)OC1n1cc2c(nc1=O)NCC2. The number of ether oxygens (including phenoxy) is 1. The normalized spacial score (nSPS) is 27.6. The van der Waals surface area contributed by atoms with E-state index in [1.165, 1.54) is 4.57 Å². The van der Waals surface area contributed by atoms with E-state index in [0.29, 0.717) is 12.2 Å². The molecule has 2 atom stereocenters. The van der Waals surface area contributed by atoms with E-state index in [-0.39, 0.29) is 18.4 Å². The van der Waals surface area contributed by atoms with Gasteiger partial charge in [0.25, 0.3) is 0 Å². The van der Waals surface area contributed by atoms with E-state index in [2.05, 4.69) is 10.3 Å². The van der Waals surface area contributed by atoms with Gasteiger partial charge in [-0.15, -0.1) is 0 Å². The lowest BCUT2D eigenvalue weighted by molar-refractivity contribution is -0.0170. The molecule has 1 aromatic heterocycles. The molecular formula is C13H17N3O3. The van der Waals surface area contributed by atoms with Gasteiger partial charge in [-0.2, -0.15) is 4.98 Å². The molecule has 3 heterocycles. The minimum Gasteiger partial charge on any atom is -0.394 e. The van der Waals surface area contributed by atoms with Crippen LogP contribution < -0.4 is 11.0 Å². The van der Waals surface area contributed by atoms with Crippen LogP contribution in [0, 0.1) is 0 Å². The number of nitrogens with zero attached hydrogens (tertiary/aromatic N) is 2. The summed E-state index contributed by atoms with van der Waals surface area (Å²) in [7, 11) is 0. The zero-order valence-corrected chi connectivity index (χ0v) is 10.8. The van der Waals surface area contributed by atoms with Crippen LogP contribution in [0.4, 0.5) is 5.82 Å². The van der Waals surface area contributed by atoms with Crippen molar-refractivity contribution in [2.24, 2.45) is 0 Å². The summed E-state index contributed by atoms with van der Waals surface area (Å²) in [5.41, 5.74) is 1.72. The first kappa shape index (κ1) is 12.4. The largest absolute Gasteiger partial charge is 0.394 e. The molecule has 0 saturated carbocycles. The number of aromatic nitrogens is 2. The van der Waals surface area contributed by atoms with Crippen LogP contribution in [0.5, 0.6) is 0 Å². The summed E-state index contributed by atoms with van der Waals surface area (Å²) in [6.07, 6.45) is 4.60. The second kappa shape index (κ2) is 4.79. The number of fused-ring (bicyclic) bond motifs is 1. The molecule has 2 aliphatic rings. The van der Waals surface area contributed by atoms with E-state index in [4.69, 9.17) is 4.74 Å². The molecule has 0 bridgehead atoms. The Kier molecular flexibility index (Phi) is 3.12. The number of aliphatic hydroxyl groups is 1. The second-order valence-corrected chi connectivity index (χ2v) is 4.84. The van der Waals surface area contributed by atoms with Crippen molar-refractivity contribution in [3.8, 4) is 0 Å². The first-order valence-corrected chi connectivity index (χ1v) is 6.50. The number of nitrogens with one attached hydrogen (secondary N) is 1. The fraction of sp³-hybridized carbons (Fsp3) is 0.538. The smallest absolute Gasteiger partial charge is 0.351 e. The maximum Gasteiger partial charge on any atom is 0.351 e. The predicted octanol–water partition coefficient (Wildman–Crippen LogP) is 0.437. The maximum absolute atomic E-state index is 12.1. The first-order chi connectivity index (χ1) is 9.22. The Bertz CT molecular complexity index is 579. The molecular weight excluding hydrogens is 246 g/mol. The van der Waals surface area contributed by atoms with Gasteiger partial charge in [-0.1, -0.05) is 6.08 Å². The van der Waals surface area contributed by atoms with Crippen molar-refractivity contribution in [2.75, 3.05) is 18.5 Å². The number of aliphatic hydroxyl groups excluding tert-OH is 1. The third-order valence-electron chi connectivity index (χ3n) is 3.64. The van der Waals surface area contributed by atoms with Gasteiger partial charge in [0.15, 0.2) is 6.23 Å². The fourth-order valence-electron chi connectivity index (χ4n) is 2.62. The van der Waals surface area contributed by atoms with Crippen molar-refractivity contribution >= 4 is 5.82 Å². The molecule has 0 amide bonds. The average Bonchev–Trinajstić information content (AvgIpc) is 3.02. The standard InChI is InChI=1S/C13H17N3O3/c1-2-8-5-10(7-17)19-12(8)16-6-9-3-4-14-11(9)15-13(16)18/h2,6,10,12,17H,3-5,7H2,1H3,(H,14,15,18)/b8-2-. The predicted molar refractivity (Wildman–Crippen MR) is 70.1 cm³/mol. The van der Waals surface area contributed by atoms with Crippen molar-refractivity contribution < 1.29 is 9.84 Å². The molecule has 2 aliphatic heterocycles. The number of rotatable bonds is 2. The zero-order chi connectivity index (χ0) is 13.4. The highest BCUT2D eigenvalue weighted by Gasteiger charge is 2.31. The lowest BCUT2D eigenvalue weighted by Gasteiger charge is -2.16. The Morgan fingerprint density at radius 3 is 3.26 bits per heavy atom. The molecule has 102 valence electrons. The molecule has 1 saturated heterocycles. The Morgan fingerprint density at radius 1 is 1.68 bits per heavy atom. The van der Waals surface area contributed by atoms with Crippen molar-refractivity contribution in [1.29, 1.82) is 0 Å². The van der Waals surface area contributed by atoms with Gasteiger partial charge < -0.3 is 15.2 Å². The Labute approximate surface area is 110 Å². The molecule has 6 heteroatoms. The molecule has 0 aliphatic carbocycles. The third kappa shape index (κ3) is 2.06. The summed E-state index contributed by atoms with van der Waals surface area (Å²) in [4.78, 5) is 16.1. The van der Waals surface area contributed by atoms with E-state index in [0.717, 1.165) is 24.1 Å². The molecule has 19 heavy (non-hydrogen) atoms. The number of hydrogen-bond acceptors (Lipinski definition) is 5. The minimum absolute atomic E-state index is 0.0392. The summed E-state index contributed by atoms with van der Waals surface area (Å²) >= 11 is 0. The monoisotopic (exact) mass is 263 g/mol. The van der Waals surface area contributed by atoms with Gasteiger partial charge in [-0.3, -0.25) is 4.57 Å². The van der Waals surface area contributed by atoms with Crippen molar-refractivity contribution in [3.63, 3.8) is 0 Å². The quantitative estimate of drug-likeness (QED) is 0.757. The average molecular weight is 263 g/mol. The van der Waals surface area contributed by atoms with Crippen LogP contribution in [0.15, 0.2) is 22.6 Å². The number of allylic oxidation sites excluding steroid dienone is 1. The molecule has 2 unspecified atom stereocenters. The summed E-state index contributed by atoms with van der Waals surface area (Å²) in [6, 6.07) is 0. The molecule has 0 aromatic carbocycles.